The summed E-state index contributed by atoms with van der Waals surface area (Å²) in [4.78, 5) is 18.0. The number of hydrazone groups is 1. The van der Waals surface area contributed by atoms with Gasteiger partial charge in [-0.05, 0) is 42.5 Å². The molecule has 0 saturated heterocycles. The van der Waals surface area contributed by atoms with Crippen molar-refractivity contribution in [2.75, 3.05) is 26.3 Å². The van der Waals surface area contributed by atoms with Gasteiger partial charge in [-0.3, -0.25) is 4.79 Å². The molecule has 1 heterocycles. The molecule has 0 aliphatic heterocycles. The van der Waals surface area contributed by atoms with Gasteiger partial charge in [0.15, 0.2) is 11.5 Å². The fourth-order valence-corrected chi connectivity index (χ4v) is 4.64. The van der Waals surface area contributed by atoms with Crippen LogP contribution in [0.1, 0.15) is 15.9 Å². The third-order valence-electron chi connectivity index (χ3n) is 4.74. The lowest BCUT2D eigenvalue weighted by atomic mass is 10.2. The number of ether oxygens (including phenoxy) is 3. The van der Waals surface area contributed by atoms with E-state index >= 15 is 0 Å². The third-order valence-corrected chi connectivity index (χ3v) is 6.23. The van der Waals surface area contributed by atoms with Gasteiger partial charge in [0.2, 0.25) is 10.9 Å². The molecular weight excluding hydrogens is 506 g/mol. The number of nitrogens with zero attached hydrogens (tertiary/aromatic N) is 3. The molecule has 0 unspecified atom stereocenters. The molecule has 0 atom stereocenters. The molecule has 168 valence electrons. The van der Waals surface area contributed by atoms with Crippen LogP contribution >= 0.6 is 27.3 Å². The lowest BCUT2D eigenvalue weighted by Crippen LogP contribution is -2.25. The molecule has 1 aromatic heterocycles. The van der Waals surface area contributed by atoms with Gasteiger partial charge in [0, 0.05) is 15.6 Å². The van der Waals surface area contributed by atoms with Gasteiger partial charge in [-0.1, -0.05) is 45.5 Å². The third kappa shape index (κ3) is 4.84. The number of methoxy groups -OCH3 is 3. The molecule has 0 bridgehead atoms. The van der Waals surface area contributed by atoms with E-state index in [2.05, 4.69) is 26.0 Å². The van der Waals surface area contributed by atoms with Crippen molar-refractivity contribution >= 4 is 54.7 Å². The average molecular weight is 526 g/mol. The number of carbonyl (C=O) groups excluding carboxylic acids is 1. The number of anilines is 1. The number of fused-ring (bicyclic) bond motifs is 1. The summed E-state index contributed by atoms with van der Waals surface area (Å²) in [6.07, 6.45) is 1.56. The van der Waals surface area contributed by atoms with E-state index in [1.54, 1.807) is 51.8 Å². The Hall–Kier alpha value is -3.43. The molecule has 7 nitrogen and oxygen atoms in total. The lowest BCUT2D eigenvalue weighted by Gasteiger charge is -2.15. The summed E-state index contributed by atoms with van der Waals surface area (Å²) in [6, 6.07) is 18.2. The van der Waals surface area contributed by atoms with Crippen LogP contribution in [0.2, 0.25) is 0 Å². The van der Waals surface area contributed by atoms with E-state index in [9.17, 15) is 4.79 Å². The topological polar surface area (TPSA) is 73.2 Å². The molecule has 0 radical (unpaired) electrons. The van der Waals surface area contributed by atoms with Gasteiger partial charge in [0.1, 0.15) is 0 Å². The van der Waals surface area contributed by atoms with Gasteiger partial charge >= 0.3 is 0 Å². The van der Waals surface area contributed by atoms with Crippen molar-refractivity contribution in [3.8, 4) is 17.2 Å². The molecule has 3 aromatic carbocycles. The van der Waals surface area contributed by atoms with Crippen molar-refractivity contribution in [2.24, 2.45) is 5.10 Å². The second-order valence-electron chi connectivity index (χ2n) is 6.79. The molecule has 0 aliphatic rings. The summed E-state index contributed by atoms with van der Waals surface area (Å²) >= 11 is 4.86. The van der Waals surface area contributed by atoms with Crippen molar-refractivity contribution in [1.82, 2.24) is 4.98 Å². The normalized spacial score (nSPS) is 11.0. The minimum atomic E-state index is -0.294. The molecule has 0 N–H and O–H groups in total. The molecule has 4 aromatic rings. The summed E-state index contributed by atoms with van der Waals surface area (Å²) in [5.74, 6) is 1.16. The van der Waals surface area contributed by atoms with Crippen LogP contribution < -0.4 is 19.2 Å². The predicted octanol–water partition coefficient (Wildman–Crippen LogP) is 5.77. The predicted molar refractivity (Wildman–Crippen MR) is 134 cm³/mol. The lowest BCUT2D eigenvalue weighted by molar-refractivity contribution is 0.0988. The van der Waals surface area contributed by atoms with E-state index in [1.165, 1.54) is 16.3 Å². The zero-order chi connectivity index (χ0) is 23.4. The fourth-order valence-electron chi connectivity index (χ4n) is 3.17. The van der Waals surface area contributed by atoms with E-state index in [4.69, 9.17) is 14.2 Å². The maximum atomic E-state index is 13.4. The fraction of sp³-hybridized carbons (Fsp3) is 0.125. The van der Waals surface area contributed by atoms with E-state index in [0.717, 1.165) is 14.7 Å². The Kier molecular flexibility index (Phi) is 6.90. The number of aromatic nitrogens is 1. The van der Waals surface area contributed by atoms with Crippen molar-refractivity contribution in [1.29, 1.82) is 0 Å². The minimum absolute atomic E-state index is 0.294. The number of hydrogen-bond acceptors (Lipinski definition) is 7. The molecule has 33 heavy (non-hydrogen) atoms. The number of carbonyl (C=O) groups is 1. The maximum absolute atomic E-state index is 13.4. The number of benzene rings is 3. The van der Waals surface area contributed by atoms with Crippen molar-refractivity contribution in [3.05, 3.63) is 76.3 Å². The Balaban J connectivity index is 1.78. The van der Waals surface area contributed by atoms with E-state index in [-0.39, 0.29) is 5.91 Å². The number of hydrogen-bond donors (Lipinski definition) is 0. The van der Waals surface area contributed by atoms with Gasteiger partial charge in [-0.25, -0.2) is 4.98 Å². The first-order valence-electron chi connectivity index (χ1n) is 9.83. The van der Waals surface area contributed by atoms with Crippen molar-refractivity contribution in [3.63, 3.8) is 0 Å². The van der Waals surface area contributed by atoms with Crippen LogP contribution in [0.25, 0.3) is 10.2 Å². The summed E-state index contributed by atoms with van der Waals surface area (Å²) in [5.41, 5.74) is 1.95. The first kappa shape index (κ1) is 22.8. The summed E-state index contributed by atoms with van der Waals surface area (Å²) in [6.45, 7) is 0. The van der Waals surface area contributed by atoms with Crippen LogP contribution in [0.3, 0.4) is 0 Å². The zero-order valence-corrected chi connectivity index (χ0v) is 20.5. The average Bonchev–Trinajstić information content (AvgIpc) is 3.26. The van der Waals surface area contributed by atoms with Crippen LogP contribution in [0.15, 0.2) is 70.2 Å². The highest BCUT2D eigenvalue weighted by Gasteiger charge is 2.21. The Morgan fingerprint density at radius 1 is 1.00 bits per heavy atom. The smallest absolute Gasteiger partial charge is 0.280 e. The Morgan fingerprint density at radius 2 is 1.70 bits per heavy atom. The summed E-state index contributed by atoms with van der Waals surface area (Å²) in [5, 5.41) is 6.27. The monoisotopic (exact) mass is 525 g/mol. The zero-order valence-electron chi connectivity index (χ0n) is 18.1. The summed E-state index contributed by atoms with van der Waals surface area (Å²) in [7, 11) is 4.63. The van der Waals surface area contributed by atoms with Gasteiger partial charge in [0.25, 0.3) is 5.91 Å². The second kappa shape index (κ2) is 10.0. The molecule has 0 saturated carbocycles. The van der Waals surface area contributed by atoms with Crippen LogP contribution in [0.4, 0.5) is 5.13 Å². The van der Waals surface area contributed by atoms with Gasteiger partial charge in [-0.15, -0.1) is 0 Å². The highest BCUT2D eigenvalue weighted by Crippen LogP contribution is 2.38. The van der Waals surface area contributed by atoms with Crippen molar-refractivity contribution in [2.45, 2.75) is 0 Å². The number of halogens is 1. The van der Waals surface area contributed by atoms with Gasteiger partial charge in [-0.2, -0.15) is 10.1 Å². The number of amides is 1. The second-order valence-corrected chi connectivity index (χ2v) is 8.72. The van der Waals surface area contributed by atoms with E-state index in [1.807, 2.05) is 36.4 Å². The van der Waals surface area contributed by atoms with Crippen LogP contribution in [0, 0.1) is 0 Å². The molecule has 0 aliphatic carbocycles. The van der Waals surface area contributed by atoms with Gasteiger partial charge in [0.05, 0.1) is 37.8 Å². The SMILES string of the molecule is COc1cc(/C=N/N(C(=O)c2ccccc2)c2nc3ccc(Br)cc3s2)cc(OC)c1OC. The molecule has 9 heteroatoms. The highest BCUT2D eigenvalue weighted by molar-refractivity contribution is 9.10. The van der Waals surface area contributed by atoms with E-state index < -0.39 is 0 Å². The molecular formula is C24H20BrN3O4S. The largest absolute Gasteiger partial charge is 0.493 e. The Morgan fingerprint density at radius 3 is 2.33 bits per heavy atom. The van der Waals surface area contributed by atoms with Crippen LogP contribution in [-0.4, -0.2) is 38.4 Å². The number of rotatable bonds is 7. The minimum Gasteiger partial charge on any atom is -0.493 e. The summed E-state index contributed by atoms with van der Waals surface area (Å²) < 4.78 is 18.1. The molecule has 4 rings (SSSR count). The first-order valence-corrected chi connectivity index (χ1v) is 11.4. The van der Waals surface area contributed by atoms with Crippen molar-refractivity contribution < 1.29 is 19.0 Å². The maximum Gasteiger partial charge on any atom is 0.280 e. The molecule has 0 fully saturated rings. The van der Waals surface area contributed by atoms with Crippen LogP contribution in [0.5, 0.6) is 17.2 Å². The molecule has 1 amide bonds. The Labute approximate surface area is 203 Å². The standard InChI is InChI=1S/C24H20BrN3O4S/c1-30-19-11-15(12-20(31-2)22(19)32-3)14-26-28(23(29)16-7-5-4-6-8-16)24-27-18-10-9-17(25)13-21(18)33-24/h4-14H,1-3H3/b26-14+. The Bertz CT molecular complexity index is 1300. The van der Waals surface area contributed by atoms with Crippen LogP contribution in [-0.2, 0) is 0 Å². The van der Waals surface area contributed by atoms with E-state index in [0.29, 0.717) is 33.5 Å². The quantitative estimate of drug-likeness (QED) is 0.226. The first-order chi connectivity index (χ1) is 16.0. The highest BCUT2D eigenvalue weighted by atomic mass is 79.9. The molecule has 0 spiro atoms. The van der Waals surface area contributed by atoms with Gasteiger partial charge < -0.3 is 14.2 Å². The number of thiazole rings is 1.